The minimum absolute atomic E-state index is 0.0201. The second-order valence-corrected chi connectivity index (χ2v) is 8.26. The summed E-state index contributed by atoms with van der Waals surface area (Å²) in [6.45, 7) is 4.58. The van der Waals surface area contributed by atoms with Gasteiger partial charge in [0.25, 0.3) is 5.91 Å². The number of para-hydroxylation sites is 2. The van der Waals surface area contributed by atoms with Gasteiger partial charge < -0.3 is 19.9 Å². The van der Waals surface area contributed by atoms with Crippen LogP contribution in [0.2, 0.25) is 0 Å². The number of H-pyrrole nitrogens is 1. The Kier molecular flexibility index (Phi) is 5.98. The number of methoxy groups -OCH3 is 1. The number of fused-ring (bicyclic) bond motifs is 3. The Morgan fingerprint density at radius 2 is 2.03 bits per heavy atom. The highest BCUT2D eigenvalue weighted by atomic mass is 16.5. The fourth-order valence-electron chi connectivity index (χ4n) is 4.35. The van der Waals surface area contributed by atoms with Crippen molar-refractivity contribution in [1.82, 2.24) is 9.88 Å². The predicted octanol–water partition coefficient (Wildman–Crippen LogP) is 4.40. The number of anilines is 1. The van der Waals surface area contributed by atoms with E-state index in [0.29, 0.717) is 29.5 Å². The first-order valence-corrected chi connectivity index (χ1v) is 10.9. The first kappa shape index (κ1) is 21.0. The molecule has 31 heavy (non-hydrogen) atoms. The molecule has 1 heterocycles. The van der Waals surface area contributed by atoms with Crippen LogP contribution < -0.4 is 10.1 Å². The van der Waals surface area contributed by atoms with E-state index in [9.17, 15) is 9.59 Å². The number of aromatic amines is 1. The number of nitrogens with zero attached hydrogens (tertiary/aromatic N) is 1. The lowest BCUT2D eigenvalue weighted by molar-refractivity contribution is -0.116. The van der Waals surface area contributed by atoms with Crippen LogP contribution in [-0.2, 0) is 17.6 Å². The number of hydrogen-bond donors (Lipinski definition) is 2. The minimum Gasteiger partial charge on any atom is -0.495 e. The van der Waals surface area contributed by atoms with Gasteiger partial charge in [-0.05, 0) is 68.0 Å². The molecule has 1 aromatic heterocycles. The van der Waals surface area contributed by atoms with Crippen molar-refractivity contribution >= 4 is 28.4 Å². The summed E-state index contributed by atoms with van der Waals surface area (Å²) in [6.07, 6.45) is 3.28. The number of carbonyl (C=O) groups is 2. The highest BCUT2D eigenvalue weighted by molar-refractivity contribution is 6.02. The molecule has 0 spiro atoms. The van der Waals surface area contributed by atoms with Crippen molar-refractivity contribution in [2.24, 2.45) is 5.92 Å². The first-order valence-electron chi connectivity index (χ1n) is 10.9. The third-order valence-electron chi connectivity index (χ3n) is 6.07. The third kappa shape index (κ3) is 4.29. The average Bonchev–Trinajstić information content (AvgIpc) is 3.14. The Labute approximate surface area is 182 Å². The summed E-state index contributed by atoms with van der Waals surface area (Å²) in [5, 5.41) is 3.97. The number of amides is 2. The van der Waals surface area contributed by atoms with Gasteiger partial charge in [0.15, 0.2) is 0 Å². The van der Waals surface area contributed by atoms with Gasteiger partial charge in [0.2, 0.25) is 5.91 Å². The lowest BCUT2D eigenvalue weighted by Gasteiger charge is -2.21. The van der Waals surface area contributed by atoms with Gasteiger partial charge in [-0.3, -0.25) is 9.59 Å². The predicted molar refractivity (Wildman–Crippen MR) is 123 cm³/mol. The van der Waals surface area contributed by atoms with Crippen molar-refractivity contribution in [3.63, 3.8) is 0 Å². The number of aromatic nitrogens is 1. The summed E-state index contributed by atoms with van der Waals surface area (Å²) >= 11 is 0. The maximum absolute atomic E-state index is 13.2. The molecule has 162 valence electrons. The normalized spacial score (nSPS) is 15.4. The SMILES string of the molecule is CCN(CC(=O)Nc1ccccc1OC)C(=O)c1ccc2[nH]c3c(c2c1)CC(C)CC3. The van der Waals surface area contributed by atoms with E-state index in [1.165, 1.54) is 17.7 Å². The molecule has 6 heteroatoms. The molecule has 0 saturated carbocycles. The Bertz CT molecular complexity index is 1120. The molecule has 1 aliphatic rings. The average molecular weight is 420 g/mol. The number of ether oxygens (including phenoxy) is 1. The lowest BCUT2D eigenvalue weighted by Crippen LogP contribution is -2.37. The molecule has 0 saturated heterocycles. The number of aryl methyl sites for hydroxylation is 1. The van der Waals surface area contributed by atoms with E-state index >= 15 is 0 Å². The molecule has 2 N–H and O–H groups in total. The van der Waals surface area contributed by atoms with E-state index < -0.39 is 0 Å². The fourth-order valence-corrected chi connectivity index (χ4v) is 4.35. The van der Waals surface area contributed by atoms with Crippen LogP contribution in [0, 0.1) is 5.92 Å². The number of hydrogen-bond acceptors (Lipinski definition) is 3. The van der Waals surface area contributed by atoms with Crippen LogP contribution in [-0.4, -0.2) is 41.9 Å². The first-order chi connectivity index (χ1) is 15.0. The summed E-state index contributed by atoms with van der Waals surface area (Å²) < 4.78 is 5.28. The topological polar surface area (TPSA) is 74.4 Å². The number of nitrogens with one attached hydrogen (secondary N) is 2. The quantitative estimate of drug-likeness (QED) is 0.622. The van der Waals surface area contributed by atoms with E-state index in [1.54, 1.807) is 24.1 Å². The molecule has 1 aliphatic carbocycles. The molecule has 0 bridgehead atoms. The van der Waals surface area contributed by atoms with E-state index in [1.807, 2.05) is 37.3 Å². The van der Waals surface area contributed by atoms with Crippen molar-refractivity contribution in [3.8, 4) is 5.75 Å². The zero-order valence-electron chi connectivity index (χ0n) is 18.3. The lowest BCUT2D eigenvalue weighted by atomic mass is 9.87. The molecule has 6 nitrogen and oxygen atoms in total. The number of benzene rings is 2. The second kappa shape index (κ2) is 8.84. The fraction of sp³-hybridized carbons (Fsp3) is 0.360. The summed E-state index contributed by atoms with van der Waals surface area (Å²) in [7, 11) is 1.56. The number of rotatable bonds is 6. The van der Waals surface area contributed by atoms with Crippen LogP contribution in [0.4, 0.5) is 5.69 Å². The third-order valence-corrected chi connectivity index (χ3v) is 6.07. The molecule has 0 fully saturated rings. The van der Waals surface area contributed by atoms with Gasteiger partial charge >= 0.3 is 0 Å². The Balaban J connectivity index is 1.52. The summed E-state index contributed by atoms with van der Waals surface area (Å²) in [6, 6.07) is 13.0. The van der Waals surface area contributed by atoms with Crippen LogP contribution in [0.25, 0.3) is 10.9 Å². The summed E-state index contributed by atoms with van der Waals surface area (Å²) in [5.41, 5.74) is 4.90. The monoisotopic (exact) mass is 419 g/mol. The molecular formula is C25H29N3O3. The van der Waals surface area contributed by atoms with Crippen LogP contribution in [0.1, 0.15) is 41.9 Å². The van der Waals surface area contributed by atoms with Gasteiger partial charge in [0.1, 0.15) is 12.3 Å². The van der Waals surface area contributed by atoms with E-state index in [0.717, 1.165) is 23.7 Å². The summed E-state index contributed by atoms with van der Waals surface area (Å²) in [4.78, 5) is 30.9. The number of carbonyl (C=O) groups excluding carboxylic acids is 2. The van der Waals surface area contributed by atoms with Crippen molar-refractivity contribution in [1.29, 1.82) is 0 Å². The standard InChI is InChI=1S/C25H29N3O3/c1-4-28(15-24(29)27-22-7-5-6-8-23(22)31-3)25(30)17-10-12-21-19(14-17)18-13-16(2)9-11-20(18)26-21/h5-8,10,12,14,16,26H,4,9,11,13,15H2,1-3H3,(H,27,29). The second-order valence-electron chi connectivity index (χ2n) is 8.26. The van der Waals surface area contributed by atoms with Crippen LogP contribution in [0.5, 0.6) is 5.75 Å². The molecule has 3 aromatic rings. The zero-order valence-corrected chi connectivity index (χ0v) is 18.3. The van der Waals surface area contributed by atoms with Crippen LogP contribution in [0.3, 0.4) is 0 Å². The molecule has 4 rings (SSSR count). The molecule has 2 aromatic carbocycles. The molecule has 1 unspecified atom stereocenters. The largest absolute Gasteiger partial charge is 0.495 e. The van der Waals surface area contributed by atoms with Crippen molar-refractivity contribution < 1.29 is 14.3 Å². The highest BCUT2D eigenvalue weighted by Gasteiger charge is 2.22. The minimum atomic E-state index is -0.256. The van der Waals surface area contributed by atoms with Gasteiger partial charge in [-0.2, -0.15) is 0 Å². The molecular weight excluding hydrogens is 390 g/mol. The van der Waals surface area contributed by atoms with Crippen molar-refractivity contribution in [2.45, 2.75) is 33.1 Å². The molecule has 2 amide bonds. The van der Waals surface area contributed by atoms with Crippen molar-refractivity contribution in [2.75, 3.05) is 25.5 Å². The van der Waals surface area contributed by atoms with Gasteiger partial charge in [-0.25, -0.2) is 0 Å². The number of likely N-dealkylation sites (N-methyl/N-ethyl adjacent to an activating group) is 1. The zero-order chi connectivity index (χ0) is 22.0. The highest BCUT2D eigenvalue weighted by Crippen LogP contribution is 2.32. The summed E-state index contributed by atoms with van der Waals surface area (Å²) in [5.74, 6) is 0.839. The van der Waals surface area contributed by atoms with E-state index in [4.69, 9.17) is 4.74 Å². The molecule has 0 radical (unpaired) electrons. The molecule has 0 aliphatic heterocycles. The van der Waals surface area contributed by atoms with Gasteiger partial charge in [0.05, 0.1) is 12.8 Å². The van der Waals surface area contributed by atoms with Crippen LogP contribution in [0.15, 0.2) is 42.5 Å². The van der Waals surface area contributed by atoms with Gasteiger partial charge in [-0.1, -0.05) is 19.1 Å². The van der Waals surface area contributed by atoms with Crippen LogP contribution >= 0.6 is 0 Å². The Hall–Kier alpha value is -3.28. The maximum atomic E-state index is 13.2. The Morgan fingerprint density at radius 1 is 1.23 bits per heavy atom. The maximum Gasteiger partial charge on any atom is 0.254 e. The van der Waals surface area contributed by atoms with E-state index in [2.05, 4.69) is 17.2 Å². The van der Waals surface area contributed by atoms with E-state index in [-0.39, 0.29) is 18.4 Å². The smallest absolute Gasteiger partial charge is 0.254 e. The van der Waals surface area contributed by atoms with Gasteiger partial charge in [-0.15, -0.1) is 0 Å². The Morgan fingerprint density at radius 3 is 2.81 bits per heavy atom. The van der Waals surface area contributed by atoms with Gasteiger partial charge in [0, 0.05) is 28.7 Å². The van der Waals surface area contributed by atoms with Crippen molar-refractivity contribution in [3.05, 3.63) is 59.3 Å². The molecule has 1 atom stereocenters.